The predicted molar refractivity (Wildman–Crippen MR) is 30.0 cm³/mol. The van der Waals surface area contributed by atoms with E-state index >= 15 is 0 Å². The minimum absolute atomic E-state index is 0.407. The average Bonchev–Trinajstić information content (AvgIpc) is 2.17. The van der Waals surface area contributed by atoms with Crippen molar-refractivity contribution in [3.63, 3.8) is 0 Å². The summed E-state index contributed by atoms with van der Waals surface area (Å²) in [7, 11) is 0. The number of hydrogen-bond donors (Lipinski definition) is 4. The highest BCUT2D eigenvalue weighted by molar-refractivity contribution is 4.84. The second-order valence-corrected chi connectivity index (χ2v) is 2.23. The molecular formula is C5H10O5. The molecular weight excluding hydrogens is 142 g/mol. The Morgan fingerprint density at radius 1 is 1.10 bits per heavy atom. The van der Waals surface area contributed by atoms with Gasteiger partial charge < -0.3 is 25.2 Å². The van der Waals surface area contributed by atoms with Crippen LogP contribution in [0.4, 0.5) is 0 Å². The zero-order valence-corrected chi connectivity index (χ0v) is 5.21. The van der Waals surface area contributed by atoms with Crippen molar-refractivity contribution in [3.05, 3.63) is 0 Å². The predicted octanol–water partition coefficient (Wildman–Crippen LogP) is -2.58. The molecule has 0 aliphatic carbocycles. The van der Waals surface area contributed by atoms with Gasteiger partial charge in [-0.1, -0.05) is 0 Å². The summed E-state index contributed by atoms with van der Waals surface area (Å²) in [6.45, 7) is -0.407. The summed E-state index contributed by atoms with van der Waals surface area (Å²) in [4.78, 5) is 0. The minimum atomic E-state index is -1.38. The Morgan fingerprint density at radius 2 is 1.70 bits per heavy atom. The van der Waals surface area contributed by atoms with E-state index < -0.39 is 31.2 Å². The average molecular weight is 152 g/mol. The van der Waals surface area contributed by atoms with Crippen LogP contribution in [-0.2, 0) is 4.74 Å². The van der Waals surface area contributed by atoms with Crippen LogP contribution >= 0.6 is 0 Å². The molecule has 0 spiro atoms. The molecule has 0 bridgehead atoms. The molecule has 0 saturated carbocycles. The molecule has 1 aliphatic rings. The van der Waals surface area contributed by atoms with E-state index in [-0.39, 0.29) is 0 Å². The lowest BCUT2D eigenvalue weighted by Gasteiger charge is -2.09. The van der Waals surface area contributed by atoms with Crippen molar-refractivity contribution >= 4 is 0 Å². The van der Waals surface area contributed by atoms with Gasteiger partial charge in [0.1, 0.15) is 18.3 Å². The fraction of sp³-hybridized carbons (Fsp3) is 1.00. The lowest BCUT2D eigenvalue weighted by Crippen LogP contribution is -2.33. The first-order chi connectivity index (χ1) is 4.66. The maximum atomic E-state index is 8.93. The van der Waals surface area contributed by atoms with Gasteiger partial charge in [-0.25, -0.2) is 0 Å². The van der Waals surface area contributed by atoms with E-state index in [0.717, 1.165) is 0 Å². The van der Waals surface area contributed by atoms with Gasteiger partial charge in [-0.05, 0) is 0 Å². The van der Waals surface area contributed by atoms with E-state index in [0.29, 0.717) is 0 Å². The Hall–Kier alpha value is -0.200. The number of aliphatic hydroxyl groups excluding tert-OH is 4. The fourth-order valence-corrected chi connectivity index (χ4v) is 0.880. The molecule has 5 nitrogen and oxygen atoms in total. The zero-order chi connectivity index (χ0) is 7.72. The summed E-state index contributed by atoms with van der Waals surface area (Å²) in [6.07, 6.45) is -4.76. The molecule has 5 heteroatoms. The highest BCUT2D eigenvalue weighted by atomic mass is 16.8. The van der Waals surface area contributed by atoms with E-state index in [4.69, 9.17) is 20.4 Å². The van der Waals surface area contributed by atoms with Crippen molar-refractivity contribution in [2.45, 2.75) is 24.6 Å². The summed E-state index contributed by atoms with van der Waals surface area (Å²) in [5.41, 5.74) is 0. The first kappa shape index (κ1) is 7.90. The fourth-order valence-electron chi connectivity index (χ4n) is 0.880. The van der Waals surface area contributed by atoms with Crippen molar-refractivity contribution in [1.82, 2.24) is 0 Å². The molecule has 0 aromatic rings. The molecule has 1 fully saturated rings. The minimum Gasteiger partial charge on any atom is -0.394 e. The highest BCUT2D eigenvalue weighted by Gasteiger charge is 2.41. The molecule has 1 unspecified atom stereocenters. The molecule has 10 heavy (non-hydrogen) atoms. The Labute approximate surface area is 57.5 Å². The van der Waals surface area contributed by atoms with E-state index in [1.54, 1.807) is 0 Å². The van der Waals surface area contributed by atoms with Crippen LogP contribution in [0.5, 0.6) is 0 Å². The SMILES string of the molecule is OC[C@H]1O[13CH](O)[C@H](O)[13C@@H]1O. The quantitative estimate of drug-likeness (QED) is 0.310. The van der Waals surface area contributed by atoms with E-state index in [1.165, 1.54) is 0 Å². The highest BCUT2D eigenvalue weighted by Crippen LogP contribution is 2.18. The second kappa shape index (κ2) is 2.81. The van der Waals surface area contributed by atoms with E-state index in [2.05, 4.69) is 4.74 Å². The molecule has 4 N–H and O–H groups in total. The smallest absolute Gasteiger partial charge is 0.184 e. The molecule has 60 valence electrons. The van der Waals surface area contributed by atoms with Gasteiger partial charge in [0, 0.05) is 0 Å². The summed E-state index contributed by atoms with van der Waals surface area (Å²) < 4.78 is 4.54. The van der Waals surface area contributed by atoms with Crippen molar-refractivity contribution in [2.24, 2.45) is 0 Å². The topological polar surface area (TPSA) is 90.2 Å². The molecule has 1 heterocycles. The van der Waals surface area contributed by atoms with Gasteiger partial charge in [0.15, 0.2) is 6.29 Å². The Balaban J connectivity index is 2.53. The Bertz CT molecular complexity index is 117. The van der Waals surface area contributed by atoms with Crippen LogP contribution in [0.15, 0.2) is 0 Å². The third-order valence-electron chi connectivity index (χ3n) is 1.52. The largest absolute Gasteiger partial charge is 0.394 e. The number of aliphatic hydroxyl groups is 4. The number of ether oxygens (including phenoxy) is 1. The van der Waals surface area contributed by atoms with Crippen LogP contribution in [-0.4, -0.2) is 51.6 Å². The van der Waals surface area contributed by atoms with Crippen molar-refractivity contribution in [1.29, 1.82) is 0 Å². The molecule has 0 aromatic carbocycles. The van der Waals surface area contributed by atoms with Crippen LogP contribution in [0.2, 0.25) is 0 Å². The standard InChI is InChI=1S/C5H10O5/c6-1-2-3(7)4(8)5(9)10-2/h2-9H,1H2/t2-,3-,4-,5?/m1/s1/i3+1,5+1. The third-order valence-corrected chi connectivity index (χ3v) is 1.52. The monoisotopic (exact) mass is 152 g/mol. The van der Waals surface area contributed by atoms with Gasteiger partial charge in [0.2, 0.25) is 0 Å². The van der Waals surface area contributed by atoms with Crippen LogP contribution < -0.4 is 0 Å². The molecule has 1 aliphatic heterocycles. The van der Waals surface area contributed by atoms with E-state index in [1.807, 2.05) is 0 Å². The van der Waals surface area contributed by atoms with Crippen LogP contribution in [0.3, 0.4) is 0 Å². The Kier molecular flexibility index (Phi) is 2.22. The normalized spacial score (nSPS) is 48.0. The molecule has 4 atom stereocenters. The van der Waals surface area contributed by atoms with Crippen LogP contribution in [0.1, 0.15) is 0 Å². The molecule has 0 amide bonds. The second-order valence-electron chi connectivity index (χ2n) is 2.23. The van der Waals surface area contributed by atoms with Crippen LogP contribution in [0.25, 0.3) is 0 Å². The first-order valence-corrected chi connectivity index (χ1v) is 2.97. The molecule has 0 radical (unpaired) electrons. The molecule has 1 rings (SSSR count). The first-order valence-electron chi connectivity index (χ1n) is 2.97. The lowest BCUT2D eigenvalue weighted by molar-refractivity contribution is -0.132. The van der Waals surface area contributed by atoms with Gasteiger partial charge in [0.25, 0.3) is 0 Å². The summed E-state index contributed by atoms with van der Waals surface area (Å²) >= 11 is 0. The maximum absolute atomic E-state index is 8.93. The van der Waals surface area contributed by atoms with E-state index in [9.17, 15) is 0 Å². The third kappa shape index (κ3) is 1.14. The summed E-state index contributed by atoms with van der Waals surface area (Å²) in [5, 5.41) is 35.0. The van der Waals surface area contributed by atoms with Crippen LogP contribution in [0, 0.1) is 0 Å². The number of rotatable bonds is 1. The summed E-state index contributed by atoms with van der Waals surface area (Å²) in [6, 6.07) is 0. The van der Waals surface area contributed by atoms with Gasteiger partial charge >= 0.3 is 0 Å². The zero-order valence-electron chi connectivity index (χ0n) is 5.21. The van der Waals surface area contributed by atoms with Gasteiger partial charge in [-0.2, -0.15) is 0 Å². The van der Waals surface area contributed by atoms with Gasteiger partial charge in [-0.15, -0.1) is 0 Å². The summed E-state index contributed by atoms with van der Waals surface area (Å²) in [5.74, 6) is 0. The van der Waals surface area contributed by atoms with Crippen molar-refractivity contribution < 1.29 is 25.2 Å². The molecule has 0 aromatic heterocycles. The van der Waals surface area contributed by atoms with Gasteiger partial charge in [0.05, 0.1) is 6.61 Å². The Morgan fingerprint density at radius 3 is 1.90 bits per heavy atom. The maximum Gasteiger partial charge on any atom is 0.184 e. The number of hydrogen-bond acceptors (Lipinski definition) is 5. The lowest BCUT2D eigenvalue weighted by atomic mass is 10.4. The van der Waals surface area contributed by atoms with Gasteiger partial charge in [-0.3, -0.25) is 0 Å². The molecule has 1 saturated heterocycles. The van der Waals surface area contributed by atoms with Crippen molar-refractivity contribution in [2.75, 3.05) is 6.61 Å². The van der Waals surface area contributed by atoms with Crippen molar-refractivity contribution in [3.8, 4) is 0 Å².